The number of nitrogens with zero attached hydrogens (tertiary/aromatic N) is 2. The summed E-state index contributed by atoms with van der Waals surface area (Å²) in [6.45, 7) is 3.98. The van der Waals surface area contributed by atoms with E-state index in [9.17, 15) is 0 Å². The van der Waals surface area contributed by atoms with Crippen LogP contribution in [0.25, 0.3) is 11.2 Å². The molecule has 1 fully saturated rings. The summed E-state index contributed by atoms with van der Waals surface area (Å²) in [7, 11) is 0. The molecule has 0 atom stereocenters. The van der Waals surface area contributed by atoms with Crippen molar-refractivity contribution in [3.05, 3.63) is 23.1 Å². The highest BCUT2D eigenvalue weighted by Gasteiger charge is 2.31. The molecule has 0 amide bonds. The zero-order valence-corrected chi connectivity index (χ0v) is 11.1. The van der Waals surface area contributed by atoms with Gasteiger partial charge in [0.25, 0.3) is 0 Å². The first-order chi connectivity index (χ1) is 8.58. The lowest BCUT2D eigenvalue weighted by Gasteiger charge is -2.32. The fourth-order valence-corrected chi connectivity index (χ4v) is 2.83. The van der Waals surface area contributed by atoms with Crippen LogP contribution in [-0.4, -0.2) is 15.0 Å². The maximum atomic E-state index is 6.53. The van der Waals surface area contributed by atoms with Gasteiger partial charge in [-0.25, -0.2) is 9.97 Å². The van der Waals surface area contributed by atoms with Crippen LogP contribution in [0.4, 0.5) is 0 Å². The molecule has 0 radical (unpaired) electrons. The lowest BCUT2D eigenvalue weighted by molar-refractivity contribution is 0.296. The molecule has 4 nitrogen and oxygen atoms in total. The first-order valence-corrected chi connectivity index (χ1v) is 6.72. The quantitative estimate of drug-likeness (QED) is 0.810. The molecular weight excluding hydrogens is 224 g/mol. The molecule has 2 heterocycles. The Morgan fingerprint density at radius 2 is 1.78 bits per heavy atom. The second-order valence-corrected chi connectivity index (χ2v) is 5.53. The zero-order valence-electron chi connectivity index (χ0n) is 11.1. The lowest BCUT2D eigenvalue weighted by Crippen LogP contribution is -2.38. The summed E-state index contributed by atoms with van der Waals surface area (Å²) in [6.07, 6.45) is 5.83. The smallest absolute Gasteiger partial charge is 0.156 e. The van der Waals surface area contributed by atoms with Gasteiger partial charge in [0, 0.05) is 5.69 Å². The van der Waals surface area contributed by atoms with Gasteiger partial charge >= 0.3 is 0 Å². The highest BCUT2D eigenvalue weighted by Crippen LogP contribution is 2.35. The van der Waals surface area contributed by atoms with Crippen LogP contribution in [0.5, 0.6) is 0 Å². The SMILES string of the molecule is Cc1nc2cc(C3(N)CCCCC3)[nH]c2nc1C. The zero-order chi connectivity index (χ0) is 12.8. The van der Waals surface area contributed by atoms with Gasteiger partial charge in [-0.1, -0.05) is 19.3 Å². The highest BCUT2D eigenvalue weighted by atomic mass is 15.0. The van der Waals surface area contributed by atoms with Crippen molar-refractivity contribution >= 4 is 11.2 Å². The Labute approximate surface area is 107 Å². The number of nitrogens with one attached hydrogen (secondary N) is 1. The Hall–Kier alpha value is -1.42. The molecule has 1 saturated carbocycles. The van der Waals surface area contributed by atoms with Gasteiger partial charge in [-0.15, -0.1) is 0 Å². The summed E-state index contributed by atoms with van der Waals surface area (Å²) in [5.41, 5.74) is 11.2. The fourth-order valence-electron chi connectivity index (χ4n) is 2.83. The average molecular weight is 244 g/mol. The maximum Gasteiger partial charge on any atom is 0.156 e. The number of H-pyrrole nitrogens is 1. The van der Waals surface area contributed by atoms with Gasteiger partial charge in [0.15, 0.2) is 5.65 Å². The fraction of sp³-hybridized carbons (Fsp3) is 0.571. The molecule has 3 N–H and O–H groups in total. The number of hydrogen-bond donors (Lipinski definition) is 2. The van der Waals surface area contributed by atoms with E-state index in [1.54, 1.807) is 0 Å². The van der Waals surface area contributed by atoms with Crippen LogP contribution in [0.2, 0.25) is 0 Å². The summed E-state index contributed by atoms with van der Waals surface area (Å²) < 4.78 is 0. The summed E-state index contributed by atoms with van der Waals surface area (Å²) in [4.78, 5) is 12.5. The second kappa shape index (κ2) is 4.05. The summed E-state index contributed by atoms with van der Waals surface area (Å²) >= 11 is 0. The number of fused-ring (bicyclic) bond motifs is 1. The Bertz CT molecular complexity index is 540. The summed E-state index contributed by atoms with van der Waals surface area (Å²) in [5.74, 6) is 0. The summed E-state index contributed by atoms with van der Waals surface area (Å²) in [5, 5.41) is 0. The van der Waals surface area contributed by atoms with Crippen LogP contribution in [0.1, 0.15) is 49.2 Å². The number of hydrogen-bond acceptors (Lipinski definition) is 3. The first-order valence-electron chi connectivity index (χ1n) is 6.72. The molecule has 0 aliphatic heterocycles. The Morgan fingerprint density at radius 1 is 1.11 bits per heavy atom. The monoisotopic (exact) mass is 244 g/mol. The number of aromatic amines is 1. The lowest BCUT2D eigenvalue weighted by atomic mass is 9.80. The molecule has 0 bridgehead atoms. The third-order valence-corrected chi connectivity index (χ3v) is 4.15. The van der Waals surface area contributed by atoms with E-state index in [4.69, 9.17) is 5.73 Å². The van der Waals surface area contributed by atoms with E-state index in [-0.39, 0.29) is 5.54 Å². The van der Waals surface area contributed by atoms with Crippen molar-refractivity contribution in [2.75, 3.05) is 0 Å². The Balaban J connectivity index is 2.07. The molecule has 3 rings (SSSR count). The van der Waals surface area contributed by atoms with E-state index in [0.29, 0.717) is 0 Å². The van der Waals surface area contributed by atoms with Gasteiger partial charge in [0.05, 0.1) is 16.9 Å². The van der Waals surface area contributed by atoms with E-state index in [0.717, 1.165) is 41.1 Å². The van der Waals surface area contributed by atoms with E-state index in [1.165, 1.54) is 19.3 Å². The Kier molecular flexibility index (Phi) is 2.63. The minimum Gasteiger partial charge on any atom is -0.340 e. The number of rotatable bonds is 1. The molecule has 1 aliphatic rings. The van der Waals surface area contributed by atoms with Crippen molar-refractivity contribution in [1.29, 1.82) is 0 Å². The van der Waals surface area contributed by atoms with E-state index in [1.807, 2.05) is 13.8 Å². The first kappa shape index (κ1) is 11.7. The molecular formula is C14H20N4. The van der Waals surface area contributed by atoms with E-state index >= 15 is 0 Å². The van der Waals surface area contributed by atoms with Gasteiger partial charge in [0.2, 0.25) is 0 Å². The largest absolute Gasteiger partial charge is 0.340 e. The maximum absolute atomic E-state index is 6.53. The van der Waals surface area contributed by atoms with E-state index in [2.05, 4.69) is 21.0 Å². The molecule has 2 aromatic heterocycles. The highest BCUT2D eigenvalue weighted by molar-refractivity contribution is 5.72. The number of aromatic nitrogens is 3. The van der Waals surface area contributed by atoms with Gasteiger partial charge in [-0.05, 0) is 32.8 Å². The van der Waals surface area contributed by atoms with Crippen LogP contribution < -0.4 is 5.73 Å². The third kappa shape index (κ3) is 1.81. The minimum atomic E-state index is -0.206. The predicted molar refractivity (Wildman–Crippen MR) is 72.3 cm³/mol. The van der Waals surface area contributed by atoms with Crippen molar-refractivity contribution in [2.45, 2.75) is 51.5 Å². The molecule has 0 saturated heterocycles. The van der Waals surface area contributed by atoms with Crippen molar-refractivity contribution in [3.63, 3.8) is 0 Å². The molecule has 18 heavy (non-hydrogen) atoms. The van der Waals surface area contributed by atoms with Crippen LogP contribution in [-0.2, 0) is 5.54 Å². The van der Waals surface area contributed by atoms with Crippen molar-refractivity contribution in [3.8, 4) is 0 Å². The Morgan fingerprint density at radius 3 is 2.50 bits per heavy atom. The minimum absolute atomic E-state index is 0.206. The standard InChI is InChI=1S/C14H20N4/c1-9-10(2)17-13-11(16-9)8-12(18-13)14(15)6-4-3-5-7-14/h8H,3-7,15H2,1-2H3,(H,17,18). The normalized spacial score (nSPS) is 19.3. The van der Waals surface area contributed by atoms with Crippen molar-refractivity contribution < 1.29 is 0 Å². The van der Waals surface area contributed by atoms with Crippen LogP contribution in [0.15, 0.2) is 6.07 Å². The van der Waals surface area contributed by atoms with Crippen molar-refractivity contribution in [2.24, 2.45) is 5.73 Å². The van der Waals surface area contributed by atoms with Gasteiger partial charge in [0.1, 0.15) is 5.52 Å². The number of nitrogens with two attached hydrogens (primary N) is 1. The van der Waals surface area contributed by atoms with Gasteiger partial charge < -0.3 is 10.7 Å². The second-order valence-electron chi connectivity index (χ2n) is 5.53. The predicted octanol–water partition coefficient (Wildman–Crippen LogP) is 2.69. The van der Waals surface area contributed by atoms with Crippen LogP contribution in [0.3, 0.4) is 0 Å². The van der Waals surface area contributed by atoms with Crippen LogP contribution in [0, 0.1) is 13.8 Å². The third-order valence-electron chi connectivity index (χ3n) is 4.15. The average Bonchev–Trinajstić information content (AvgIpc) is 2.74. The molecule has 4 heteroatoms. The van der Waals surface area contributed by atoms with Gasteiger partial charge in [-0.2, -0.15) is 0 Å². The molecule has 0 unspecified atom stereocenters. The van der Waals surface area contributed by atoms with E-state index < -0.39 is 0 Å². The number of aryl methyl sites for hydroxylation is 2. The van der Waals surface area contributed by atoms with Crippen molar-refractivity contribution in [1.82, 2.24) is 15.0 Å². The molecule has 1 aliphatic carbocycles. The van der Waals surface area contributed by atoms with Gasteiger partial charge in [-0.3, -0.25) is 0 Å². The topological polar surface area (TPSA) is 67.6 Å². The molecule has 0 aromatic carbocycles. The summed E-state index contributed by atoms with van der Waals surface area (Å²) in [6, 6.07) is 2.08. The molecule has 2 aromatic rings. The van der Waals surface area contributed by atoms with Crippen LogP contribution >= 0.6 is 0 Å². The molecule has 0 spiro atoms. The molecule has 96 valence electrons.